The van der Waals surface area contributed by atoms with Crippen molar-refractivity contribution in [2.24, 2.45) is 0 Å². The third-order valence-electron chi connectivity index (χ3n) is 1.92. The van der Waals surface area contributed by atoms with E-state index >= 15 is 0 Å². The molecule has 0 bridgehead atoms. The number of H-pyrrole nitrogens is 1. The Balaban J connectivity index is 2.39. The number of rotatable bonds is 5. The van der Waals surface area contributed by atoms with Gasteiger partial charge in [0.25, 0.3) is 5.91 Å². The van der Waals surface area contributed by atoms with Crippen molar-refractivity contribution in [1.29, 1.82) is 0 Å². The molecule has 0 saturated heterocycles. The molecular weight excluding hydrogens is 224 g/mol. The molecule has 0 saturated carbocycles. The van der Waals surface area contributed by atoms with Gasteiger partial charge in [-0.05, 0) is 6.92 Å². The smallest absolute Gasteiger partial charge is 0.256 e. The second-order valence-corrected chi connectivity index (χ2v) is 4.23. The van der Waals surface area contributed by atoms with Gasteiger partial charge in [0.1, 0.15) is 5.56 Å². The molecule has 1 amide bonds. The zero-order valence-corrected chi connectivity index (χ0v) is 9.86. The summed E-state index contributed by atoms with van der Waals surface area (Å²) in [6.45, 7) is 2.32. The predicted molar refractivity (Wildman–Crippen MR) is 66.2 cm³/mol. The van der Waals surface area contributed by atoms with E-state index in [1.807, 2.05) is 0 Å². The fourth-order valence-electron chi connectivity index (χ4n) is 1.19. The molecule has 0 aliphatic rings. The van der Waals surface area contributed by atoms with E-state index in [-0.39, 0.29) is 11.7 Å². The molecule has 6 heteroatoms. The molecule has 1 aromatic heterocycles. The third kappa shape index (κ3) is 3.21. The lowest BCUT2D eigenvalue weighted by Crippen LogP contribution is -2.26. The number of amides is 1. The summed E-state index contributed by atoms with van der Waals surface area (Å²) in [5.74, 6) is 3.98. The van der Waals surface area contributed by atoms with E-state index in [1.54, 1.807) is 18.7 Å². The molecule has 0 atom stereocenters. The van der Waals surface area contributed by atoms with Crippen LogP contribution < -0.4 is 11.1 Å². The number of nitrogens with one attached hydrogen (secondary N) is 2. The van der Waals surface area contributed by atoms with Crippen molar-refractivity contribution >= 4 is 23.5 Å². The molecule has 1 rings (SSSR count). The van der Waals surface area contributed by atoms with E-state index in [9.17, 15) is 4.79 Å². The minimum Gasteiger partial charge on any atom is -0.382 e. The Morgan fingerprint density at radius 3 is 3.06 bits per heavy atom. The number of carbonyl (C=O) groups excluding carboxylic acids is 1. The van der Waals surface area contributed by atoms with Crippen LogP contribution in [0.4, 0.5) is 5.82 Å². The standard InChI is InChI=1S/C10H14N4OS/c1-3-5-16-6-4-12-10(15)8-7(2)13-14-9(8)11/h1H,4-6H2,2H3,(H,12,15)(H3,11,13,14). The van der Waals surface area contributed by atoms with Gasteiger partial charge in [-0.1, -0.05) is 5.92 Å². The number of hydrogen-bond acceptors (Lipinski definition) is 4. The molecule has 0 spiro atoms. The molecule has 5 nitrogen and oxygen atoms in total. The van der Waals surface area contributed by atoms with Crippen LogP contribution in [0.25, 0.3) is 0 Å². The Bertz CT molecular complexity index is 388. The van der Waals surface area contributed by atoms with E-state index in [0.717, 1.165) is 5.75 Å². The van der Waals surface area contributed by atoms with Crippen LogP contribution in [0.1, 0.15) is 16.1 Å². The lowest BCUT2D eigenvalue weighted by molar-refractivity contribution is 0.0956. The fraction of sp³-hybridized carbons (Fsp3) is 0.400. The minimum atomic E-state index is -0.204. The highest BCUT2D eigenvalue weighted by atomic mass is 32.2. The maximum absolute atomic E-state index is 11.7. The highest BCUT2D eigenvalue weighted by Crippen LogP contribution is 2.11. The summed E-state index contributed by atoms with van der Waals surface area (Å²) in [7, 11) is 0. The monoisotopic (exact) mass is 238 g/mol. The van der Waals surface area contributed by atoms with Gasteiger partial charge in [0.15, 0.2) is 5.82 Å². The number of nitrogen functional groups attached to an aromatic ring is 1. The van der Waals surface area contributed by atoms with E-state index < -0.39 is 0 Å². The number of nitrogens with zero attached hydrogens (tertiary/aromatic N) is 1. The van der Waals surface area contributed by atoms with Gasteiger partial charge < -0.3 is 11.1 Å². The number of aryl methyl sites for hydroxylation is 1. The van der Waals surface area contributed by atoms with Gasteiger partial charge in [0.05, 0.1) is 5.75 Å². The molecule has 0 unspecified atom stereocenters. The highest BCUT2D eigenvalue weighted by molar-refractivity contribution is 7.99. The molecule has 1 aromatic rings. The lowest BCUT2D eigenvalue weighted by atomic mass is 10.2. The summed E-state index contributed by atoms with van der Waals surface area (Å²) < 4.78 is 0. The van der Waals surface area contributed by atoms with Gasteiger partial charge >= 0.3 is 0 Å². The van der Waals surface area contributed by atoms with Crippen LogP contribution in [0.2, 0.25) is 0 Å². The molecule has 0 radical (unpaired) electrons. The second kappa shape index (κ2) is 6.08. The Morgan fingerprint density at radius 1 is 1.75 bits per heavy atom. The first-order valence-electron chi connectivity index (χ1n) is 4.76. The number of aromatic amines is 1. The molecule has 0 aromatic carbocycles. The number of terminal acetylenes is 1. The number of thioether (sulfide) groups is 1. The first kappa shape index (κ1) is 12.5. The Morgan fingerprint density at radius 2 is 2.50 bits per heavy atom. The van der Waals surface area contributed by atoms with Gasteiger partial charge in [-0.3, -0.25) is 9.89 Å². The number of anilines is 1. The topological polar surface area (TPSA) is 83.8 Å². The number of aromatic nitrogens is 2. The zero-order valence-electron chi connectivity index (χ0n) is 9.04. The summed E-state index contributed by atoms with van der Waals surface area (Å²) in [6.07, 6.45) is 5.10. The van der Waals surface area contributed by atoms with Crippen molar-refractivity contribution in [3.63, 3.8) is 0 Å². The molecule has 1 heterocycles. The van der Waals surface area contributed by atoms with Crippen molar-refractivity contribution in [2.45, 2.75) is 6.92 Å². The quantitative estimate of drug-likeness (QED) is 0.512. The highest BCUT2D eigenvalue weighted by Gasteiger charge is 2.14. The van der Waals surface area contributed by atoms with Gasteiger partial charge in [-0.2, -0.15) is 5.10 Å². The number of hydrogen-bond donors (Lipinski definition) is 3. The van der Waals surface area contributed by atoms with Crippen LogP contribution in [0.5, 0.6) is 0 Å². The van der Waals surface area contributed by atoms with Crippen LogP contribution in [0, 0.1) is 19.3 Å². The Kier molecular flexibility index (Phi) is 4.73. The van der Waals surface area contributed by atoms with Crippen molar-refractivity contribution in [3.8, 4) is 12.3 Å². The average molecular weight is 238 g/mol. The molecular formula is C10H14N4OS. The van der Waals surface area contributed by atoms with Crippen LogP contribution in [-0.2, 0) is 0 Å². The molecule has 16 heavy (non-hydrogen) atoms. The summed E-state index contributed by atoms with van der Waals surface area (Å²) in [5.41, 5.74) is 6.65. The van der Waals surface area contributed by atoms with Crippen LogP contribution in [0.3, 0.4) is 0 Å². The van der Waals surface area contributed by atoms with E-state index in [4.69, 9.17) is 12.2 Å². The van der Waals surface area contributed by atoms with E-state index in [2.05, 4.69) is 21.4 Å². The Labute approximate surface area is 98.6 Å². The predicted octanol–water partition coefficient (Wildman–Crippen LogP) is 0.397. The lowest BCUT2D eigenvalue weighted by Gasteiger charge is -2.03. The number of nitrogens with two attached hydrogens (primary N) is 1. The fourth-order valence-corrected chi connectivity index (χ4v) is 1.70. The first-order chi connectivity index (χ1) is 7.66. The average Bonchev–Trinajstić information content (AvgIpc) is 2.58. The van der Waals surface area contributed by atoms with Gasteiger partial charge in [-0.25, -0.2) is 0 Å². The zero-order chi connectivity index (χ0) is 12.0. The van der Waals surface area contributed by atoms with Crippen molar-refractivity contribution < 1.29 is 4.79 Å². The summed E-state index contributed by atoms with van der Waals surface area (Å²) in [5, 5.41) is 9.17. The van der Waals surface area contributed by atoms with Crippen LogP contribution >= 0.6 is 11.8 Å². The maximum atomic E-state index is 11.7. The largest absolute Gasteiger partial charge is 0.382 e. The number of carbonyl (C=O) groups is 1. The van der Waals surface area contributed by atoms with E-state index in [1.165, 1.54) is 0 Å². The molecule has 86 valence electrons. The van der Waals surface area contributed by atoms with Crippen LogP contribution in [0.15, 0.2) is 0 Å². The molecule has 0 fully saturated rings. The SMILES string of the molecule is C#CCSCCNC(=O)c1c(N)n[nH]c1C. The van der Waals surface area contributed by atoms with Crippen molar-refractivity contribution in [2.75, 3.05) is 23.8 Å². The first-order valence-corrected chi connectivity index (χ1v) is 5.92. The van der Waals surface area contributed by atoms with Crippen molar-refractivity contribution in [1.82, 2.24) is 15.5 Å². The molecule has 0 aliphatic heterocycles. The Hall–Kier alpha value is -1.61. The summed E-state index contributed by atoms with van der Waals surface area (Å²) in [6, 6.07) is 0. The summed E-state index contributed by atoms with van der Waals surface area (Å²) >= 11 is 1.60. The minimum absolute atomic E-state index is 0.204. The van der Waals surface area contributed by atoms with Gasteiger partial charge in [0, 0.05) is 18.0 Å². The molecule has 4 N–H and O–H groups in total. The third-order valence-corrected chi connectivity index (χ3v) is 2.78. The second-order valence-electron chi connectivity index (χ2n) is 3.12. The van der Waals surface area contributed by atoms with Crippen LogP contribution in [-0.4, -0.2) is 34.2 Å². The van der Waals surface area contributed by atoms with Gasteiger partial charge in [0.2, 0.25) is 0 Å². The van der Waals surface area contributed by atoms with Crippen molar-refractivity contribution in [3.05, 3.63) is 11.3 Å². The normalized spacial score (nSPS) is 9.75. The van der Waals surface area contributed by atoms with Gasteiger partial charge in [-0.15, -0.1) is 18.2 Å². The summed E-state index contributed by atoms with van der Waals surface area (Å²) in [4.78, 5) is 11.7. The molecule has 0 aliphatic carbocycles. The maximum Gasteiger partial charge on any atom is 0.256 e. The van der Waals surface area contributed by atoms with E-state index in [0.29, 0.717) is 23.6 Å².